The molecule has 2 aliphatic rings. The van der Waals surface area contributed by atoms with Gasteiger partial charge in [0.05, 0.1) is 5.70 Å². The number of aliphatic imine (C=N–C) groups is 1. The van der Waals surface area contributed by atoms with E-state index in [9.17, 15) is 4.79 Å². The molecule has 5 nitrogen and oxygen atoms in total. The van der Waals surface area contributed by atoms with Gasteiger partial charge < -0.3 is 15.5 Å². The maximum Gasteiger partial charge on any atom is 0.256 e. The molecule has 0 aromatic heterocycles. The van der Waals surface area contributed by atoms with E-state index in [2.05, 4.69) is 59.7 Å². The molecule has 2 N–H and O–H groups in total. The number of benzene rings is 2. The van der Waals surface area contributed by atoms with Crippen molar-refractivity contribution in [3.05, 3.63) is 65.2 Å². The summed E-state index contributed by atoms with van der Waals surface area (Å²) in [5.74, 6) is -0.0574. The predicted molar refractivity (Wildman–Crippen MR) is 141 cm³/mol. The number of amides is 1. The second-order valence-corrected chi connectivity index (χ2v) is 8.73. The maximum absolute atomic E-state index is 12.8. The van der Waals surface area contributed by atoms with Gasteiger partial charge in [-0.2, -0.15) is 0 Å². The number of hydrogen-bond acceptors (Lipinski definition) is 4. The molecule has 2 heterocycles. The number of carbonyl (C=O) groups excluding carboxylic acids is 1. The van der Waals surface area contributed by atoms with Gasteiger partial charge in [0.1, 0.15) is 0 Å². The Bertz CT molecular complexity index is 1090. The van der Waals surface area contributed by atoms with Crippen LogP contribution in [0.4, 0.5) is 11.4 Å². The van der Waals surface area contributed by atoms with E-state index in [1.165, 1.54) is 5.69 Å². The van der Waals surface area contributed by atoms with Crippen molar-refractivity contribution in [2.45, 2.75) is 40.0 Å². The normalized spacial score (nSPS) is 18.0. The fraction of sp³-hybridized carbons (Fsp3) is 0.357. The number of fused-ring (bicyclic) bond motifs is 1. The van der Waals surface area contributed by atoms with E-state index in [0.717, 1.165) is 79.2 Å². The lowest BCUT2D eigenvalue weighted by Gasteiger charge is -2.29. The Morgan fingerprint density at radius 1 is 1.12 bits per heavy atom. The average molecular weight is 443 g/mol. The minimum absolute atomic E-state index is 0.0574. The van der Waals surface area contributed by atoms with Gasteiger partial charge >= 0.3 is 0 Å². The van der Waals surface area contributed by atoms with E-state index in [0.29, 0.717) is 5.57 Å². The van der Waals surface area contributed by atoms with E-state index >= 15 is 0 Å². The largest absolute Gasteiger partial charge is 0.369 e. The molecule has 0 radical (unpaired) electrons. The van der Waals surface area contributed by atoms with Crippen LogP contribution in [0.5, 0.6) is 0 Å². The molecule has 5 heteroatoms. The molecule has 1 amide bonds. The van der Waals surface area contributed by atoms with Crippen molar-refractivity contribution in [2.24, 2.45) is 4.99 Å². The number of piperazine rings is 1. The van der Waals surface area contributed by atoms with Gasteiger partial charge in [-0.3, -0.25) is 9.79 Å². The van der Waals surface area contributed by atoms with Crippen LogP contribution in [0.15, 0.2) is 53.5 Å². The number of anilines is 2. The number of allylic oxidation sites excluding steroid dienone is 1. The van der Waals surface area contributed by atoms with E-state index < -0.39 is 0 Å². The molecule has 0 unspecified atom stereocenters. The highest BCUT2D eigenvalue weighted by atomic mass is 16.2. The Balaban J connectivity index is 1.59. The molecule has 172 valence electrons. The number of nitrogens with zero attached hydrogens (tertiary/aromatic N) is 2. The number of nitrogens with one attached hydrogen (secondary N) is 2. The Hall–Kier alpha value is -3.18. The Labute approximate surface area is 197 Å². The predicted octanol–water partition coefficient (Wildman–Crippen LogP) is 5.60. The molecule has 0 saturated carbocycles. The van der Waals surface area contributed by atoms with Gasteiger partial charge in [-0.05, 0) is 62.6 Å². The minimum Gasteiger partial charge on any atom is -0.369 e. The van der Waals surface area contributed by atoms with Crippen LogP contribution in [0.1, 0.15) is 56.7 Å². The Kier molecular flexibility index (Phi) is 7.40. The van der Waals surface area contributed by atoms with Crippen LogP contribution in [0.3, 0.4) is 0 Å². The van der Waals surface area contributed by atoms with Crippen molar-refractivity contribution in [3.63, 3.8) is 0 Å². The van der Waals surface area contributed by atoms with Gasteiger partial charge in [-0.15, -0.1) is 0 Å². The molecule has 0 spiro atoms. The highest BCUT2D eigenvalue weighted by Crippen LogP contribution is 2.35. The van der Waals surface area contributed by atoms with Crippen LogP contribution in [0.2, 0.25) is 0 Å². The third-order valence-corrected chi connectivity index (χ3v) is 6.26. The highest BCUT2D eigenvalue weighted by molar-refractivity contribution is 6.35. The number of hydrogen-bond donors (Lipinski definition) is 2. The zero-order valence-corrected chi connectivity index (χ0v) is 19.9. The average Bonchev–Trinajstić information content (AvgIpc) is 3.16. The van der Waals surface area contributed by atoms with Gasteiger partial charge in [0.25, 0.3) is 5.91 Å². The standard InChI is InChI=1S/C28H34N4O/c1-4-6-7-20(3)30-26(5-2)22-10-13-27-24(19-22)25(28(33)31-27)18-21-8-11-23(12-9-21)32-16-14-29-15-17-32/h5,8-13,18-19,29H,4,6-7,14-17H2,1-3H3,(H,31,33). The summed E-state index contributed by atoms with van der Waals surface area (Å²) >= 11 is 0. The zero-order chi connectivity index (χ0) is 23.2. The number of carbonyl (C=O) groups is 1. The topological polar surface area (TPSA) is 56.7 Å². The molecule has 2 aromatic rings. The van der Waals surface area contributed by atoms with Crippen molar-refractivity contribution < 1.29 is 4.79 Å². The van der Waals surface area contributed by atoms with Gasteiger partial charge in [-0.25, -0.2) is 0 Å². The van der Waals surface area contributed by atoms with E-state index in [1.807, 2.05) is 31.2 Å². The van der Waals surface area contributed by atoms with Crippen LogP contribution in [0, 0.1) is 0 Å². The fourth-order valence-electron chi connectivity index (χ4n) is 4.35. The molecule has 33 heavy (non-hydrogen) atoms. The lowest BCUT2D eigenvalue weighted by molar-refractivity contribution is -0.110. The summed E-state index contributed by atoms with van der Waals surface area (Å²) < 4.78 is 0. The highest BCUT2D eigenvalue weighted by Gasteiger charge is 2.24. The molecule has 2 aromatic carbocycles. The molecular weight excluding hydrogens is 408 g/mol. The number of rotatable bonds is 7. The summed E-state index contributed by atoms with van der Waals surface area (Å²) in [6.45, 7) is 10.4. The SMILES string of the molecule is CC=C(N=C(C)CCCC)c1ccc2c(c1)C(=Cc1ccc(N3CCNCC3)cc1)C(=O)N2. The van der Waals surface area contributed by atoms with Gasteiger partial charge in [0.2, 0.25) is 0 Å². The third kappa shape index (κ3) is 5.42. The molecule has 0 bridgehead atoms. The van der Waals surface area contributed by atoms with E-state index in [-0.39, 0.29) is 5.91 Å². The lowest BCUT2D eigenvalue weighted by atomic mass is 10.00. The van der Waals surface area contributed by atoms with Crippen LogP contribution >= 0.6 is 0 Å². The van der Waals surface area contributed by atoms with Crippen molar-refractivity contribution in [1.29, 1.82) is 0 Å². The summed E-state index contributed by atoms with van der Waals surface area (Å²) in [6.07, 6.45) is 7.34. The summed E-state index contributed by atoms with van der Waals surface area (Å²) in [5, 5.41) is 6.39. The second-order valence-electron chi connectivity index (χ2n) is 8.73. The first-order valence-electron chi connectivity index (χ1n) is 12.0. The van der Waals surface area contributed by atoms with Crippen molar-refractivity contribution in [1.82, 2.24) is 5.32 Å². The summed E-state index contributed by atoms with van der Waals surface area (Å²) in [5.41, 5.74) is 7.86. The number of unbranched alkanes of at least 4 members (excludes halogenated alkanes) is 1. The Morgan fingerprint density at radius 3 is 2.58 bits per heavy atom. The molecular formula is C28H34N4O. The third-order valence-electron chi connectivity index (χ3n) is 6.26. The smallest absolute Gasteiger partial charge is 0.256 e. The Morgan fingerprint density at radius 2 is 1.88 bits per heavy atom. The molecule has 1 fully saturated rings. The molecule has 0 atom stereocenters. The molecule has 2 aliphatic heterocycles. The van der Waals surface area contributed by atoms with Gasteiger partial charge in [0, 0.05) is 60.0 Å². The van der Waals surface area contributed by atoms with Gasteiger partial charge in [-0.1, -0.05) is 37.6 Å². The van der Waals surface area contributed by atoms with Crippen molar-refractivity contribution in [2.75, 3.05) is 36.4 Å². The van der Waals surface area contributed by atoms with Crippen molar-refractivity contribution in [3.8, 4) is 0 Å². The van der Waals surface area contributed by atoms with Crippen molar-refractivity contribution >= 4 is 40.3 Å². The summed E-state index contributed by atoms with van der Waals surface area (Å²) in [7, 11) is 0. The minimum atomic E-state index is -0.0574. The molecule has 1 saturated heterocycles. The summed E-state index contributed by atoms with van der Waals surface area (Å²) in [4.78, 5) is 20.0. The van der Waals surface area contributed by atoms with E-state index in [1.54, 1.807) is 0 Å². The summed E-state index contributed by atoms with van der Waals surface area (Å²) in [6, 6.07) is 14.6. The van der Waals surface area contributed by atoms with Gasteiger partial charge in [0.15, 0.2) is 0 Å². The zero-order valence-electron chi connectivity index (χ0n) is 19.9. The first-order valence-corrected chi connectivity index (χ1v) is 12.0. The fourth-order valence-corrected chi connectivity index (χ4v) is 4.35. The van der Waals surface area contributed by atoms with Crippen LogP contribution in [-0.2, 0) is 4.79 Å². The maximum atomic E-state index is 12.8. The first-order chi connectivity index (χ1) is 16.1. The van der Waals surface area contributed by atoms with Crippen LogP contribution in [-0.4, -0.2) is 37.8 Å². The second kappa shape index (κ2) is 10.6. The lowest BCUT2D eigenvalue weighted by Crippen LogP contribution is -2.43. The molecule has 0 aliphatic carbocycles. The van der Waals surface area contributed by atoms with Crippen LogP contribution in [0.25, 0.3) is 17.3 Å². The van der Waals surface area contributed by atoms with E-state index in [4.69, 9.17) is 4.99 Å². The quantitative estimate of drug-likeness (QED) is 0.433. The first kappa shape index (κ1) is 23.0. The molecule has 4 rings (SSSR count). The van der Waals surface area contributed by atoms with Crippen LogP contribution < -0.4 is 15.5 Å². The monoisotopic (exact) mass is 442 g/mol.